The smallest absolute Gasteiger partial charge is 0.205 e. The summed E-state index contributed by atoms with van der Waals surface area (Å²) >= 11 is 11.8. The molecule has 74 valence electrons. The molecule has 0 aliphatic carbocycles. The fourth-order valence-electron chi connectivity index (χ4n) is 1.31. The summed E-state index contributed by atoms with van der Waals surface area (Å²) in [6.45, 7) is 4.01. The Hall–Kier alpha value is -0.870. The topological polar surface area (TPSA) is 43.6 Å². The number of imidazole rings is 1. The van der Waals surface area contributed by atoms with E-state index < -0.39 is 0 Å². The largest absolute Gasteiger partial charge is 0.297 e. The first-order chi connectivity index (χ1) is 6.61. The molecule has 2 aromatic rings. The molecule has 0 N–H and O–H groups in total. The van der Waals surface area contributed by atoms with Crippen molar-refractivity contribution in [3.63, 3.8) is 0 Å². The Balaban J connectivity index is 2.83. The van der Waals surface area contributed by atoms with Gasteiger partial charge in [-0.2, -0.15) is 0 Å². The van der Waals surface area contributed by atoms with Crippen molar-refractivity contribution in [2.24, 2.45) is 0 Å². The number of hydrogen-bond acceptors (Lipinski definition) is 3. The highest BCUT2D eigenvalue weighted by atomic mass is 35.5. The van der Waals surface area contributed by atoms with E-state index in [4.69, 9.17) is 23.2 Å². The van der Waals surface area contributed by atoms with Gasteiger partial charge in [0.05, 0.1) is 0 Å². The van der Waals surface area contributed by atoms with E-state index in [1.807, 2.05) is 18.4 Å². The van der Waals surface area contributed by atoms with Crippen LogP contribution in [-0.4, -0.2) is 19.5 Å². The molecule has 2 aromatic heterocycles. The predicted molar refractivity (Wildman–Crippen MR) is 55.7 cm³/mol. The van der Waals surface area contributed by atoms with E-state index in [2.05, 4.69) is 15.0 Å². The zero-order valence-corrected chi connectivity index (χ0v) is 9.21. The molecule has 0 aliphatic heterocycles. The highest BCUT2D eigenvalue weighted by molar-refractivity contribution is 6.34. The van der Waals surface area contributed by atoms with Crippen LogP contribution in [0.2, 0.25) is 10.4 Å². The summed E-state index contributed by atoms with van der Waals surface area (Å²) in [7, 11) is 0. The summed E-state index contributed by atoms with van der Waals surface area (Å²) in [5.41, 5.74) is 1.22. The molecule has 0 aliphatic rings. The lowest BCUT2D eigenvalue weighted by molar-refractivity contribution is 0.613. The van der Waals surface area contributed by atoms with E-state index in [-0.39, 0.29) is 6.04 Å². The number of halogens is 2. The van der Waals surface area contributed by atoms with Crippen LogP contribution in [0.4, 0.5) is 0 Å². The first-order valence-electron chi connectivity index (χ1n) is 4.15. The fraction of sp³-hybridized carbons (Fsp3) is 0.375. The predicted octanol–water partition coefficient (Wildman–Crippen LogP) is 2.71. The van der Waals surface area contributed by atoms with Crippen molar-refractivity contribution < 1.29 is 0 Å². The van der Waals surface area contributed by atoms with Gasteiger partial charge in [-0.05, 0) is 25.4 Å². The number of aromatic nitrogens is 4. The minimum atomic E-state index is 0.193. The Morgan fingerprint density at radius 3 is 2.64 bits per heavy atom. The maximum absolute atomic E-state index is 5.96. The molecule has 14 heavy (non-hydrogen) atoms. The van der Waals surface area contributed by atoms with Crippen LogP contribution in [-0.2, 0) is 0 Å². The van der Waals surface area contributed by atoms with Crippen molar-refractivity contribution >= 4 is 34.4 Å². The molecule has 0 atom stereocenters. The third-order valence-electron chi connectivity index (χ3n) is 1.91. The molecule has 0 fully saturated rings. The van der Waals surface area contributed by atoms with Gasteiger partial charge >= 0.3 is 0 Å². The molecule has 2 rings (SSSR count). The van der Waals surface area contributed by atoms with Gasteiger partial charge in [-0.3, -0.25) is 4.57 Å². The van der Waals surface area contributed by atoms with Gasteiger partial charge in [-0.1, -0.05) is 11.6 Å². The lowest BCUT2D eigenvalue weighted by Gasteiger charge is -2.07. The summed E-state index contributed by atoms with van der Waals surface area (Å²) in [4.78, 5) is 12.1. The van der Waals surface area contributed by atoms with Crippen molar-refractivity contribution in [1.82, 2.24) is 19.5 Å². The summed E-state index contributed by atoms with van der Waals surface area (Å²) in [6.07, 6.45) is 1.40. The van der Waals surface area contributed by atoms with E-state index in [0.717, 1.165) is 0 Å². The molecule has 0 radical (unpaired) electrons. The van der Waals surface area contributed by atoms with Crippen LogP contribution in [0.5, 0.6) is 0 Å². The van der Waals surface area contributed by atoms with E-state index >= 15 is 0 Å². The van der Waals surface area contributed by atoms with Crippen LogP contribution in [0.3, 0.4) is 0 Å². The second-order valence-electron chi connectivity index (χ2n) is 3.18. The van der Waals surface area contributed by atoms with Crippen LogP contribution < -0.4 is 0 Å². The molecule has 2 heterocycles. The number of fused-ring (bicyclic) bond motifs is 1. The van der Waals surface area contributed by atoms with Gasteiger partial charge in [0.2, 0.25) is 5.28 Å². The lowest BCUT2D eigenvalue weighted by Crippen LogP contribution is -2.01. The number of nitrogens with zero attached hydrogens (tertiary/aromatic N) is 4. The monoisotopic (exact) mass is 230 g/mol. The molecule has 6 heteroatoms. The first-order valence-corrected chi connectivity index (χ1v) is 4.90. The number of hydrogen-bond donors (Lipinski definition) is 0. The van der Waals surface area contributed by atoms with E-state index in [0.29, 0.717) is 21.6 Å². The Morgan fingerprint density at radius 2 is 2.00 bits per heavy atom. The zero-order chi connectivity index (χ0) is 10.3. The molecule has 0 unspecified atom stereocenters. The average molecular weight is 231 g/mol. The highest BCUT2D eigenvalue weighted by Gasteiger charge is 2.14. The molecule has 4 nitrogen and oxygen atoms in total. The minimum Gasteiger partial charge on any atom is -0.297 e. The molecular weight excluding hydrogens is 223 g/mol. The second-order valence-corrected chi connectivity index (χ2v) is 3.88. The summed E-state index contributed by atoms with van der Waals surface area (Å²) in [5.74, 6) is 0. The molecule has 0 bridgehead atoms. The summed E-state index contributed by atoms with van der Waals surface area (Å²) in [5, 5.41) is 0.716. The first kappa shape index (κ1) is 9.68. The Labute approximate surface area is 90.9 Å². The van der Waals surface area contributed by atoms with E-state index in [1.165, 1.54) is 6.33 Å². The van der Waals surface area contributed by atoms with Gasteiger partial charge < -0.3 is 0 Å². The van der Waals surface area contributed by atoms with Gasteiger partial charge in [-0.15, -0.1) is 0 Å². The van der Waals surface area contributed by atoms with Gasteiger partial charge in [-0.25, -0.2) is 15.0 Å². The normalized spacial score (nSPS) is 11.5. The molecule has 0 saturated carbocycles. The molecular formula is C8H8Cl2N4. The minimum absolute atomic E-state index is 0.193. The average Bonchev–Trinajstić information content (AvgIpc) is 2.42. The summed E-state index contributed by atoms with van der Waals surface area (Å²) < 4.78 is 1.81. The molecule has 0 amide bonds. The maximum atomic E-state index is 5.96. The van der Waals surface area contributed by atoms with E-state index in [9.17, 15) is 0 Å². The van der Waals surface area contributed by atoms with Crippen molar-refractivity contribution in [3.05, 3.63) is 16.8 Å². The van der Waals surface area contributed by atoms with Crippen molar-refractivity contribution in [1.29, 1.82) is 0 Å². The third-order valence-corrected chi connectivity index (χ3v) is 2.45. The fourth-order valence-corrected chi connectivity index (χ4v) is 1.84. The van der Waals surface area contributed by atoms with Gasteiger partial charge in [0.15, 0.2) is 10.8 Å². The molecule has 0 saturated heterocycles. The van der Waals surface area contributed by atoms with Crippen LogP contribution >= 0.6 is 23.2 Å². The lowest BCUT2D eigenvalue weighted by atomic mass is 10.4. The van der Waals surface area contributed by atoms with Crippen molar-refractivity contribution in [2.45, 2.75) is 19.9 Å². The van der Waals surface area contributed by atoms with Gasteiger partial charge in [0, 0.05) is 6.04 Å². The van der Waals surface area contributed by atoms with Gasteiger partial charge in [0.1, 0.15) is 11.8 Å². The molecule has 0 spiro atoms. The Morgan fingerprint density at radius 1 is 1.29 bits per heavy atom. The Kier molecular flexibility index (Phi) is 2.33. The Bertz CT molecular complexity index is 477. The van der Waals surface area contributed by atoms with E-state index in [1.54, 1.807) is 0 Å². The van der Waals surface area contributed by atoms with Crippen LogP contribution in [0.15, 0.2) is 6.33 Å². The zero-order valence-electron chi connectivity index (χ0n) is 7.70. The van der Waals surface area contributed by atoms with Crippen molar-refractivity contribution in [2.75, 3.05) is 0 Å². The summed E-state index contributed by atoms with van der Waals surface area (Å²) in [6, 6.07) is 0.193. The van der Waals surface area contributed by atoms with Crippen molar-refractivity contribution in [3.8, 4) is 0 Å². The SMILES string of the molecule is CC(C)n1c(Cl)nc2c(Cl)ncnc21. The van der Waals surface area contributed by atoms with Crippen LogP contribution in [0.1, 0.15) is 19.9 Å². The standard InChI is InChI=1S/C8H8Cl2N4/c1-4(2)14-7-5(13-8(14)10)6(9)11-3-12-7/h3-4H,1-2H3. The quantitative estimate of drug-likeness (QED) is 0.559. The van der Waals surface area contributed by atoms with Crippen LogP contribution in [0, 0.1) is 0 Å². The number of rotatable bonds is 1. The highest BCUT2D eigenvalue weighted by Crippen LogP contribution is 2.25. The molecule has 0 aromatic carbocycles. The maximum Gasteiger partial charge on any atom is 0.205 e. The second kappa shape index (κ2) is 3.37. The van der Waals surface area contributed by atoms with Crippen LogP contribution in [0.25, 0.3) is 11.2 Å². The van der Waals surface area contributed by atoms with Gasteiger partial charge in [0.25, 0.3) is 0 Å². The third kappa shape index (κ3) is 1.35.